The summed E-state index contributed by atoms with van der Waals surface area (Å²) >= 11 is 7.57. The lowest BCUT2D eigenvalue weighted by Gasteiger charge is -2.26. The number of rotatable bonds is 9. The second-order valence-corrected chi connectivity index (χ2v) is 11.7. The summed E-state index contributed by atoms with van der Waals surface area (Å²) in [5, 5.41) is 0.459. The van der Waals surface area contributed by atoms with Crippen LogP contribution in [0.3, 0.4) is 0 Å². The highest BCUT2D eigenvalue weighted by Crippen LogP contribution is 2.36. The molecule has 0 fully saturated rings. The fraction of sp³-hybridized carbons (Fsp3) is 0.139. The molecule has 0 amide bonds. The van der Waals surface area contributed by atoms with Crippen LogP contribution in [0.25, 0.3) is 11.8 Å². The SMILES string of the molecule is CCOC(=O)C1=C(c2ccccc2)N=c2s/c(=C\c3cc(Cl)ccc3OCc3ccc(F)cc3)c(=O)n2[C@H]1c1ccc(OC)cc1. The number of carbonyl (C=O) groups excluding carboxylic acids is 1. The Labute approximate surface area is 273 Å². The van der Waals surface area contributed by atoms with Gasteiger partial charge in [-0.1, -0.05) is 77.5 Å². The van der Waals surface area contributed by atoms with Gasteiger partial charge in [0, 0.05) is 16.1 Å². The van der Waals surface area contributed by atoms with Crippen LogP contribution >= 0.6 is 22.9 Å². The van der Waals surface area contributed by atoms with Crippen molar-refractivity contribution in [2.45, 2.75) is 19.6 Å². The summed E-state index contributed by atoms with van der Waals surface area (Å²) in [6.07, 6.45) is 1.71. The van der Waals surface area contributed by atoms with Crippen molar-refractivity contribution in [1.29, 1.82) is 0 Å². The number of methoxy groups -OCH3 is 1. The Hall–Kier alpha value is -4.99. The Kier molecular flexibility index (Phi) is 9.14. The normalized spacial score (nSPS) is 14.4. The molecule has 2 heterocycles. The average Bonchev–Trinajstić information content (AvgIpc) is 3.39. The zero-order valence-corrected chi connectivity index (χ0v) is 26.5. The third kappa shape index (κ3) is 6.38. The van der Waals surface area contributed by atoms with Gasteiger partial charge in [-0.2, -0.15) is 0 Å². The first-order valence-corrected chi connectivity index (χ1v) is 15.6. The molecular formula is C36H28ClFN2O5S. The summed E-state index contributed by atoms with van der Waals surface area (Å²) in [7, 11) is 1.57. The van der Waals surface area contributed by atoms with Gasteiger partial charge < -0.3 is 14.2 Å². The Morgan fingerprint density at radius 1 is 1.02 bits per heavy atom. The second-order valence-electron chi connectivity index (χ2n) is 10.3. The van der Waals surface area contributed by atoms with E-state index in [1.54, 1.807) is 62.6 Å². The molecule has 0 radical (unpaired) electrons. The van der Waals surface area contributed by atoms with E-state index in [-0.39, 0.29) is 30.2 Å². The van der Waals surface area contributed by atoms with E-state index in [0.29, 0.717) is 48.2 Å². The summed E-state index contributed by atoms with van der Waals surface area (Å²) in [5.41, 5.74) is 3.10. The topological polar surface area (TPSA) is 79.1 Å². The van der Waals surface area contributed by atoms with E-state index in [1.807, 2.05) is 42.5 Å². The summed E-state index contributed by atoms with van der Waals surface area (Å²) in [4.78, 5) is 33.2. The molecule has 1 aromatic heterocycles. The molecule has 0 saturated heterocycles. The Balaban J connectivity index is 1.53. The molecule has 1 aliphatic heterocycles. The zero-order valence-electron chi connectivity index (χ0n) is 24.9. The van der Waals surface area contributed by atoms with E-state index in [9.17, 15) is 14.0 Å². The largest absolute Gasteiger partial charge is 0.497 e. The van der Waals surface area contributed by atoms with Crippen LogP contribution in [0.15, 0.2) is 112 Å². The average molecular weight is 655 g/mol. The second kappa shape index (κ2) is 13.6. The molecule has 4 aromatic carbocycles. The van der Waals surface area contributed by atoms with Crippen LogP contribution < -0.4 is 24.4 Å². The number of halogens is 2. The van der Waals surface area contributed by atoms with Crippen LogP contribution in [-0.4, -0.2) is 24.3 Å². The predicted molar refractivity (Wildman–Crippen MR) is 176 cm³/mol. The fourth-order valence-electron chi connectivity index (χ4n) is 5.19. The molecular weight excluding hydrogens is 627 g/mol. The van der Waals surface area contributed by atoms with Gasteiger partial charge in [0.15, 0.2) is 4.80 Å². The minimum Gasteiger partial charge on any atom is -0.497 e. The Morgan fingerprint density at radius 3 is 2.46 bits per heavy atom. The van der Waals surface area contributed by atoms with Crippen molar-refractivity contribution in [2.75, 3.05) is 13.7 Å². The lowest BCUT2D eigenvalue weighted by molar-refractivity contribution is -0.138. The number of benzene rings is 4. The van der Waals surface area contributed by atoms with Gasteiger partial charge in [-0.15, -0.1) is 0 Å². The highest BCUT2D eigenvalue weighted by atomic mass is 35.5. The van der Waals surface area contributed by atoms with Crippen LogP contribution in [0.5, 0.6) is 11.5 Å². The molecule has 0 aliphatic carbocycles. The molecule has 10 heteroatoms. The van der Waals surface area contributed by atoms with E-state index < -0.39 is 12.0 Å². The van der Waals surface area contributed by atoms with Gasteiger partial charge >= 0.3 is 5.97 Å². The molecule has 6 rings (SSSR count). The van der Waals surface area contributed by atoms with Crippen LogP contribution in [-0.2, 0) is 16.1 Å². The highest BCUT2D eigenvalue weighted by molar-refractivity contribution is 7.07. The number of fused-ring (bicyclic) bond motifs is 1. The van der Waals surface area contributed by atoms with Crippen molar-refractivity contribution in [3.63, 3.8) is 0 Å². The number of esters is 1. The quantitative estimate of drug-likeness (QED) is 0.174. The Bertz CT molecular complexity index is 2110. The van der Waals surface area contributed by atoms with E-state index in [1.165, 1.54) is 28.0 Å². The number of nitrogens with zero attached hydrogens (tertiary/aromatic N) is 2. The van der Waals surface area contributed by atoms with Crippen LogP contribution in [0, 0.1) is 5.82 Å². The summed E-state index contributed by atoms with van der Waals surface area (Å²) in [6.45, 7) is 2.07. The smallest absolute Gasteiger partial charge is 0.338 e. The molecule has 0 bridgehead atoms. The molecule has 0 unspecified atom stereocenters. The van der Waals surface area contributed by atoms with E-state index in [0.717, 1.165) is 5.56 Å². The first-order chi connectivity index (χ1) is 22.4. The third-order valence-electron chi connectivity index (χ3n) is 7.37. The Morgan fingerprint density at radius 2 is 1.76 bits per heavy atom. The maximum Gasteiger partial charge on any atom is 0.338 e. The molecule has 0 saturated carbocycles. The van der Waals surface area contributed by atoms with Gasteiger partial charge in [0.05, 0.1) is 35.6 Å². The maximum atomic E-state index is 14.3. The van der Waals surface area contributed by atoms with Crippen molar-refractivity contribution >= 4 is 40.7 Å². The number of thiazole rings is 1. The van der Waals surface area contributed by atoms with Gasteiger partial charge in [-0.3, -0.25) is 9.36 Å². The molecule has 5 aromatic rings. The number of carbonyl (C=O) groups is 1. The number of ether oxygens (including phenoxy) is 3. The first kappa shape index (κ1) is 31.0. The standard InChI is InChI=1S/C36H28ClFN2O5S/c1-3-44-35(42)31-32(23-7-5-4-6-8-23)39-36-40(33(31)24-11-16-28(43-2)17-12-24)34(41)30(46-36)20-25-19-26(37)13-18-29(25)45-21-22-9-14-27(38)15-10-22/h4-20,33H,3,21H2,1-2H3/b30-20-/t33-/m0/s1. The van der Waals surface area contributed by atoms with Gasteiger partial charge in [0.1, 0.15) is 23.9 Å². The zero-order chi connectivity index (χ0) is 32.2. The summed E-state index contributed by atoms with van der Waals surface area (Å²) in [5.74, 6) is 0.228. The van der Waals surface area contributed by atoms with Gasteiger partial charge in [0.25, 0.3) is 5.56 Å². The number of hydrogen-bond acceptors (Lipinski definition) is 7. The van der Waals surface area contributed by atoms with Crippen LogP contribution in [0.4, 0.5) is 4.39 Å². The van der Waals surface area contributed by atoms with E-state index >= 15 is 0 Å². The monoisotopic (exact) mass is 654 g/mol. The first-order valence-electron chi connectivity index (χ1n) is 14.5. The van der Waals surface area contributed by atoms with Crippen molar-refractivity contribution in [3.05, 3.63) is 155 Å². The predicted octanol–water partition coefficient (Wildman–Crippen LogP) is 6.32. The summed E-state index contributed by atoms with van der Waals surface area (Å²) < 4.78 is 32.3. The maximum absolute atomic E-state index is 14.3. The fourth-order valence-corrected chi connectivity index (χ4v) is 6.36. The highest BCUT2D eigenvalue weighted by Gasteiger charge is 2.35. The van der Waals surface area contributed by atoms with Crippen LogP contribution in [0.1, 0.15) is 35.2 Å². The minimum absolute atomic E-state index is 0.152. The molecule has 0 spiro atoms. The lowest BCUT2D eigenvalue weighted by atomic mass is 9.93. The molecule has 1 aliphatic rings. The lowest BCUT2D eigenvalue weighted by Crippen LogP contribution is -2.40. The van der Waals surface area contributed by atoms with E-state index in [2.05, 4.69) is 0 Å². The van der Waals surface area contributed by atoms with Gasteiger partial charge in [-0.05, 0) is 66.6 Å². The molecule has 0 N–H and O–H groups in total. The minimum atomic E-state index is -0.827. The molecule has 7 nitrogen and oxygen atoms in total. The molecule has 1 atom stereocenters. The summed E-state index contributed by atoms with van der Waals surface area (Å²) in [6, 6.07) is 26.9. The molecule has 232 valence electrons. The van der Waals surface area contributed by atoms with E-state index in [4.69, 9.17) is 30.8 Å². The number of hydrogen-bond donors (Lipinski definition) is 0. The van der Waals surface area contributed by atoms with Gasteiger partial charge in [-0.25, -0.2) is 14.2 Å². The third-order valence-corrected chi connectivity index (χ3v) is 8.59. The number of aromatic nitrogens is 1. The van der Waals surface area contributed by atoms with Crippen molar-refractivity contribution in [1.82, 2.24) is 4.57 Å². The van der Waals surface area contributed by atoms with Crippen molar-refractivity contribution < 1.29 is 23.4 Å². The van der Waals surface area contributed by atoms with Crippen molar-refractivity contribution in [3.8, 4) is 11.5 Å². The molecule has 46 heavy (non-hydrogen) atoms. The van der Waals surface area contributed by atoms with Gasteiger partial charge in [0.2, 0.25) is 0 Å². The van der Waals surface area contributed by atoms with Crippen LogP contribution in [0.2, 0.25) is 5.02 Å². The van der Waals surface area contributed by atoms with Crippen molar-refractivity contribution in [2.24, 2.45) is 4.99 Å².